The number of rotatable bonds is 4. The lowest BCUT2D eigenvalue weighted by Gasteiger charge is -2.08. The maximum atomic E-state index is 12.1. The zero-order valence-electron chi connectivity index (χ0n) is 10.7. The molecule has 104 valence electrons. The van der Waals surface area contributed by atoms with E-state index in [2.05, 4.69) is 42.2 Å². The molecule has 1 aromatic carbocycles. The lowest BCUT2D eigenvalue weighted by atomic mass is 10.2. The fraction of sp³-hybridized carbons (Fsp3) is 0.143. The highest BCUT2D eigenvalue weighted by atomic mass is 79.9. The molecule has 6 heteroatoms. The number of halogens is 2. The first-order chi connectivity index (χ1) is 9.60. The van der Waals surface area contributed by atoms with Crippen molar-refractivity contribution < 1.29 is 9.53 Å². The lowest BCUT2D eigenvalue weighted by Crippen LogP contribution is -2.23. The van der Waals surface area contributed by atoms with Crippen LogP contribution in [0.1, 0.15) is 15.9 Å². The van der Waals surface area contributed by atoms with Gasteiger partial charge in [0.15, 0.2) is 0 Å². The van der Waals surface area contributed by atoms with E-state index in [4.69, 9.17) is 4.74 Å². The minimum Gasteiger partial charge on any atom is -0.481 e. The number of carbonyl (C=O) groups excluding carboxylic acids is 1. The largest absolute Gasteiger partial charge is 0.481 e. The number of amides is 1. The zero-order chi connectivity index (χ0) is 14.5. The van der Waals surface area contributed by atoms with Gasteiger partial charge in [0.25, 0.3) is 5.91 Å². The van der Waals surface area contributed by atoms with Crippen LogP contribution < -0.4 is 10.1 Å². The first kappa shape index (κ1) is 15.0. The summed E-state index contributed by atoms with van der Waals surface area (Å²) in [7, 11) is 1.56. The number of hydrogen-bond acceptors (Lipinski definition) is 3. The Labute approximate surface area is 133 Å². The first-order valence-corrected chi connectivity index (χ1v) is 7.41. The van der Waals surface area contributed by atoms with Crippen LogP contribution in [0, 0.1) is 0 Å². The summed E-state index contributed by atoms with van der Waals surface area (Å²) in [6, 6.07) is 9.09. The Hall–Kier alpha value is -1.40. The van der Waals surface area contributed by atoms with Gasteiger partial charge in [-0.1, -0.05) is 15.9 Å². The zero-order valence-corrected chi connectivity index (χ0v) is 13.9. The summed E-state index contributed by atoms with van der Waals surface area (Å²) in [5, 5.41) is 2.86. The first-order valence-electron chi connectivity index (χ1n) is 5.82. The smallest absolute Gasteiger partial charge is 0.252 e. The van der Waals surface area contributed by atoms with Crippen molar-refractivity contribution in [1.82, 2.24) is 10.3 Å². The highest BCUT2D eigenvalue weighted by molar-refractivity contribution is 9.11. The van der Waals surface area contributed by atoms with Crippen LogP contribution in [0.15, 0.2) is 45.5 Å². The highest BCUT2D eigenvalue weighted by Crippen LogP contribution is 2.21. The van der Waals surface area contributed by atoms with Crippen LogP contribution in [0.3, 0.4) is 0 Å². The maximum Gasteiger partial charge on any atom is 0.252 e. The molecule has 4 nitrogen and oxygen atoms in total. The van der Waals surface area contributed by atoms with Crippen LogP contribution in [0.2, 0.25) is 0 Å². The molecule has 0 bridgehead atoms. The van der Waals surface area contributed by atoms with Gasteiger partial charge in [-0.15, -0.1) is 0 Å². The SMILES string of the molecule is COc1cc(CNC(=O)c2cc(Br)ccc2Br)ccn1. The average molecular weight is 400 g/mol. The number of ether oxygens (including phenoxy) is 1. The monoisotopic (exact) mass is 398 g/mol. The topological polar surface area (TPSA) is 51.2 Å². The number of nitrogens with one attached hydrogen (secondary N) is 1. The molecule has 2 rings (SSSR count). The van der Waals surface area contributed by atoms with E-state index in [0.29, 0.717) is 18.0 Å². The van der Waals surface area contributed by atoms with Gasteiger partial charge in [0.2, 0.25) is 5.88 Å². The Kier molecular flexibility index (Phi) is 5.14. The van der Waals surface area contributed by atoms with Crippen molar-refractivity contribution in [2.24, 2.45) is 0 Å². The number of benzene rings is 1. The van der Waals surface area contributed by atoms with Crippen LogP contribution in [-0.4, -0.2) is 18.0 Å². The Morgan fingerprint density at radius 3 is 2.85 bits per heavy atom. The lowest BCUT2D eigenvalue weighted by molar-refractivity contribution is 0.0950. The summed E-state index contributed by atoms with van der Waals surface area (Å²) < 4.78 is 6.66. The fourth-order valence-electron chi connectivity index (χ4n) is 1.62. The maximum absolute atomic E-state index is 12.1. The van der Waals surface area contributed by atoms with Crippen LogP contribution in [0.5, 0.6) is 5.88 Å². The van der Waals surface area contributed by atoms with E-state index in [-0.39, 0.29) is 5.91 Å². The molecule has 0 saturated carbocycles. The van der Waals surface area contributed by atoms with Crippen LogP contribution in [0.4, 0.5) is 0 Å². The average Bonchev–Trinajstić information content (AvgIpc) is 2.47. The number of aromatic nitrogens is 1. The molecule has 1 aromatic heterocycles. The van der Waals surface area contributed by atoms with Gasteiger partial charge < -0.3 is 10.1 Å². The van der Waals surface area contributed by atoms with Crippen molar-refractivity contribution in [3.8, 4) is 5.88 Å². The van der Waals surface area contributed by atoms with Crippen LogP contribution in [-0.2, 0) is 6.54 Å². The van der Waals surface area contributed by atoms with Gasteiger partial charge in [0, 0.05) is 27.8 Å². The third-order valence-electron chi connectivity index (χ3n) is 2.63. The van der Waals surface area contributed by atoms with Gasteiger partial charge in [0.05, 0.1) is 12.7 Å². The van der Waals surface area contributed by atoms with E-state index in [1.54, 1.807) is 25.4 Å². The number of nitrogens with zero attached hydrogens (tertiary/aromatic N) is 1. The summed E-state index contributed by atoms with van der Waals surface area (Å²) in [6.45, 7) is 0.413. The molecule has 0 spiro atoms. The van der Waals surface area contributed by atoms with E-state index in [9.17, 15) is 4.79 Å². The van der Waals surface area contributed by atoms with Gasteiger partial charge in [-0.25, -0.2) is 4.98 Å². The van der Waals surface area contributed by atoms with E-state index >= 15 is 0 Å². The second-order valence-electron chi connectivity index (χ2n) is 4.01. The molecule has 0 unspecified atom stereocenters. The van der Waals surface area contributed by atoms with E-state index in [1.807, 2.05) is 18.2 Å². The molecule has 0 saturated heterocycles. The second-order valence-corrected chi connectivity index (χ2v) is 5.78. The molecule has 20 heavy (non-hydrogen) atoms. The van der Waals surface area contributed by atoms with Gasteiger partial charge in [-0.3, -0.25) is 4.79 Å². The quantitative estimate of drug-likeness (QED) is 0.855. The summed E-state index contributed by atoms with van der Waals surface area (Å²) in [6.07, 6.45) is 1.65. The van der Waals surface area contributed by atoms with E-state index < -0.39 is 0 Å². The van der Waals surface area contributed by atoms with Crippen molar-refractivity contribution in [2.75, 3.05) is 7.11 Å². The van der Waals surface area contributed by atoms with Gasteiger partial charge in [-0.2, -0.15) is 0 Å². The Bertz CT molecular complexity index is 632. The van der Waals surface area contributed by atoms with Crippen molar-refractivity contribution in [1.29, 1.82) is 0 Å². The third kappa shape index (κ3) is 3.80. The van der Waals surface area contributed by atoms with E-state index in [1.165, 1.54) is 0 Å². The number of pyridine rings is 1. The predicted octanol–water partition coefficient (Wildman–Crippen LogP) is 3.55. The molecule has 0 aliphatic carbocycles. The summed E-state index contributed by atoms with van der Waals surface area (Å²) in [5.74, 6) is 0.384. The molecule has 1 N–H and O–H groups in total. The summed E-state index contributed by atoms with van der Waals surface area (Å²) in [4.78, 5) is 16.2. The molecule has 0 radical (unpaired) electrons. The Balaban J connectivity index is 2.06. The predicted molar refractivity (Wildman–Crippen MR) is 83.8 cm³/mol. The van der Waals surface area contributed by atoms with Crippen LogP contribution >= 0.6 is 31.9 Å². The third-order valence-corrected chi connectivity index (χ3v) is 3.82. The van der Waals surface area contributed by atoms with Crippen molar-refractivity contribution in [3.63, 3.8) is 0 Å². The van der Waals surface area contributed by atoms with E-state index in [0.717, 1.165) is 14.5 Å². The van der Waals surface area contributed by atoms with Gasteiger partial charge >= 0.3 is 0 Å². The minimum absolute atomic E-state index is 0.144. The molecular weight excluding hydrogens is 388 g/mol. The van der Waals surface area contributed by atoms with Crippen molar-refractivity contribution in [3.05, 3.63) is 56.6 Å². The van der Waals surface area contributed by atoms with Crippen molar-refractivity contribution >= 4 is 37.8 Å². The van der Waals surface area contributed by atoms with Gasteiger partial charge in [-0.05, 0) is 45.8 Å². The number of carbonyl (C=O) groups is 1. The standard InChI is InChI=1S/C14H12Br2N2O2/c1-20-13-6-9(4-5-17-13)8-18-14(19)11-7-10(15)2-3-12(11)16/h2-7H,8H2,1H3,(H,18,19). The Morgan fingerprint density at radius 1 is 1.30 bits per heavy atom. The fourth-order valence-corrected chi connectivity index (χ4v) is 2.41. The van der Waals surface area contributed by atoms with Crippen LogP contribution in [0.25, 0.3) is 0 Å². The minimum atomic E-state index is -0.144. The van der Waals surface area contributed by atoms with Gasteiger partial charge in [0.1, 0.15) is 0 Å². The highest BCUT2D eigenvalue weighted by Gasteiger charge is 2.10. The molecule has 2 aromatic rings. The molecule has 0 aliphatic rings. The molecule has 0 aliphatic heterocycles. The molecule has 1 heterocycles. The second kappa shape index (κ2) is 6.85. The van der Waals surface area contributed by atoms with Crippen molar-refractivity contribution in [2.45, 2.75) is 6.54 Å². The normalized spacial score (nSPS) is 10.2. The number of hydrogen-bond donors (Lipinski definition) is 1. The molecule has 0 atom stereocenters. The Morgan fingerprint density at radius 2 is 2.10 bits per heavy atom. The molecule has 0 fully saturated rings. The summed E-state index contributed by atoms with van der Waals surface area (Å²) in [5.41, 5.74) is 1.51. The molecular formula is C14H12Br2N2O2. The summed E-state index contributed by atoms with van der Waals surface area (Å²) >= 11 is 6.72. The molecule has 1 amide bonds. The number of methoxy groups -OCH3 is 1.